The van der Waals surface area contributed by atoms with Crippen LogP contribution in [0.1, 0.15) is 22.7 Å². The van der Waals surface area contributed by atoms with Gasteiger partial charge in [0, 0.05) is 30.6 Å². The molecule has 0 aliphatic rings. The summed E-state index contributed by atoms with van der Waals surface area (Å²) in [5, 5.41) is 15.9. The number of benzene rings is 3. The lowest BCUT2D eigenvalue weighted by Gasteiger charge is -2.22. The molecule has 0 aromatic heterocycles. The minimum Gasteiger partial charge on any atom is -0.380 e. The number of rotatable bonds is 11. The van der Waals surface area contributed by atoms with Crippen LogP contribution < -0.4 is 21.1 Å². The zero-order chi connectivity index (χ0) is 27.9. The monoisotopic (exact) mass is 538 g/mol. The fourth-order valence-electron chi connectivity index (χ4n) is 3.87. The molecule has 0 aliphatic carbocycles. The molecule has 2 amide bonds. The maximum atomic E-state index is 14.9. The van der Waals surface area contributed by atoms with Crippen molar-refractivity contribution in [3.8, 4) is 0 Å². The van der Waals surface area contributed by atoms with Crippen molar-refractivity contribution >= 4 is 42.7 Å². The number of halogens is 2. The first kappa shape index (κ1) is 28.7. The van der Waals surface area contributed by atoms with Crippen LogP contribution in [0.2, 0.25) is 19.6 Å². The molecule has 3 aromatic carbocycles. The van der Waals surface area contributed by atoms with Gasteiger partial charge in [-0.2, -0.15) is 0 Å². The third kappa shape index (κ3) is 7.33. The first-order valence-corrected chi connectivity index (χ1v) is 15.5. The quantitative estimate of drug-likeness (QED) is 0.212. The topological polar surface area (TPSA) is 103 Å². The van der Waals surface area contributed by atoms with Crippen LogP contribution in [0.25, 0.3) is 0 Å². The third-order valence-corrected chi connectivity index (χ3v) is 7.87. The van der Waals surface area contributed by atoms with E-state index in [0.717, 1.165) is 17.7 Å². The lowest BCUT2D eigenvalue weighted by atomic mass is 10.0. The zero-order valence-corrected chi connectivity index (χ0v) is 22.8. The van der Waals surface area contributed by atoms with Crippen molar-refractivity contribution in [1.29, 1.82) is 5.41 Å². The first-order valence-electron chi connectivity index (χ1n) is 12.0. The highest BCUT2D eigenvalue weighted by atomic mass is 28.3. The Morgan fingerprint density at radius 1 is 1.00 bits per heavy atom. The van der Waals surface area contributed by atoms with Gasteiger partial charge in [-0.3, -0.25) is 9.59 Å². The largest absolute Gasteiger partial charge is 0.380 e. The first-order chi connectivity index (χ1) is 18.0. The van der Waals surface area contributed by atoms with Crippen LogP contribution in [0.15, 0.2) is 60.7 Å². The molecule has 7 nitrogen and oxygen atoms in total. The fourth-order valence-corrected chi connectivity index (χ4v) is 5.22. The van der Waals surface area contributed by atoms with Crippen molar-refractivity contribution in [3.05, 3.63) is 89.0 Å². The second kappa shape index (κ2) is 12.6. The zero-order valence-electron chi connectivity index (χ0n) is 21.8. The number of anilines is 2. The Bertz CT molecular complexity index is 1310. The fraction of sp³-hybridized carbons (Fsp3) is 0.250. The molecule has 0 heterocycles. The van der Waals surface area contributed by atoms with E-state index in [0.29, 0.717) is 28.6 Å². The molecule has 38 heavy (non-hydrogen) atoms. The van der Waals surface area contributed by atoms with Crippen molar-refractivity contribution in [2.24, 2.45) is 0 Å². The van der Waals surface area contributed by atoms with Gasteiger partial charge in [-0.25, -0.2) is 8.78 Å². The van der Waals surface area contributed by atoms with Crippen LogP contribution in [-0.2, 0) is 20.9 Å². The van der Waals surface area contributed by atoms with E-state index >= 15 is 0 Å². The van der Waals surface area contributed by atoms with Crippen LogP contribution in [0.5, 0.6) is 0 Å². The van der Waals surface area contributed by atoms with Crippen molar-refractivity contribution in [3.63, 3.8) is 0 Å². The van der Waals surface area contributed by atoms with Gasteiger partial charge >= 0.3 is 0 Å². The molecule has 1 atom stereocenters. The number of nitrogens with one attached hydrogen (secondary N) is 4. The molecule has 0 bridgehead atoms. The molecule has 3 aromatic rings. The molecule has 0 saturated heterocycles. The molecule has 0 saturated carbocycles. The van der Waals surface area contributed by atoms with Crippen LogP contribution in [0.4, 0.5) is 20.2 Å². The number of hydrogen-bond acceptors (Lipinski definition) is 5. The lowest BCUT2D eigenvalue weighted by Crippen LogP contribution is -2.41. The van der Waals surface area contributed by atoms with Crippen LogP contribution in [0.3, 0.4) is 0 Å². The summed E-state index contributed by atoms with van der Waals surface area (Å²) in [4.78, 5) is 26.1. The Balaban J connectivity index is 1.84. The lowest BCUT2D eigenvalue weighted by molar-refractivity contribution is -0.125. The predicted molar refractivity (Wildman–Crippen MR) is 149 cm³/mol. The van der Waals surface area contributed by atoms with E-state index in [4.69, 9.17) is 10.1 Å². The molecular weight excluding hydrogens is 506 g/mol. The Morgan fingerprint density at radius 2 is 1.68 bits per heavy atom. The van der Waals surface area contributed by atoms with E-state index in [2.05, 4.69) is 16.0 Å². The number of amides is 2. The highest BCUT2D eigenvalue weighted by Crippen LogP contribution is 2.21. The van der Waals surface area contributed by atoms with E-state index < -0.39 is 37.6 Å². The molecule has 4 N–H and O–H groups in total. The van der Waals surface area contributed by atoms with Crippen LogP contribution in [-0.4, -0.2) is 39.8 Å². The number of carbonyl (C=O) groups is 2. The number of ether oxygens (including phenoxy) is 1. The molecule has 200 valence electrons. The molecule has 0 fully saturated rings. The van der Waals surface area contributed by atoms with E-state index in [1.807, 2.05) is 19.6 Å². The summed E-state index contributed by atoms with van der Waals surface area (Å²) in [5.41, 5.74) is 2.20. The third-order valence-electron chi connectivity index (χ3n) is 5.87. The molecule has 0 radical (unpaired) electrons. The summed E-state index contributed by atoms with van der Waals surface area (Å²) in [7, 11) is -0.576. The second-order valence-electron chi connectivity index (χ2n) is 9.81. The van der Waals surface area contributed by atoms with Crippen molar-refractivity contribution < 1.29 is 23.1 Å². The molecule has 3 rings (SSSR count). The molecule has 0 aliphatic heterocycles. The Morgan fingerprint density at radius 3 is 2.32 bits per heavy atom. The van der Waals surface area contributed by atoms with Crippen LogP contribution in [0, 0.1) is 17.0 Å². The predicted octanol–water partition coefficient (Wildman–Crippen LogP) is 4.56. The van der Waals surface area contributed by atoms with Gasteiger partial charge in [-0.15, -0.1) is 0 Å². The minimum atomic E-state index is -2.14. The van der Waals surface area contributed by atoms with Gasteiger partial charge in [0.05, 0.1) is 26.9 Å². The molecule has 1 unspecified atom stereocenters. The molecule has 10 heteroatoms. The Hall–Kier alpha value is -3.89. The van der Waals surface area contributed by atoms with E-state index in [9.17, 15) is 18.4 Å². The van der Waals surface area contributed by atoms with Gasteiger partial charge in [-0.05, 0) is 28.4 Å². The van der Waals surface area contributed by atoms with Gasteiger partial charge in [0.25, 0.3) is 5.91 Å². The number of methoxy groups -OCH3 is 1. The van der Waals surface area contributed by atoms with Gasteiger partial charge in [-0.1, -0.05) is 62.1 Å². The van der Waals surface area contributed by atoms with Gasteiger partial charge in [0.15, 0.2) is 0 Å². The highest BCUT2D eigenvalue weighted by molar-refractivity contribution is 6.88. The highest BCUT2D eigenvalue weighted by Gasteiger charge is 2.27. The number of para-hydroxylation sites is 1. The average Bonchev–Trinajstić information content (AvgIpc) is 2.88. The smallest absolute Gasteiger partial charge is 0.251 e. The van der Waals surface area contributed by atoms with E-state index in [-0.39, 0.29) is 12.2 Å². The average molecular weight is 539 g/mol. The van der Waals surface area contributed by atoms with Gasteiger partial charge in [0.1, 0.15) is 17.7 Å². The van der Waals surface area contributed by atoms with E-state index in [1.54, 1.807) is 55.6 Å². The summed E-state index contributed by atoms with van der Waals surface area (Å²) < 4.78 is 34.8. The summed E-state index contributed by atoms with van der Waals surface area (Å²) >= 11 is 0. The van der Waals surface area contributed by atoms with Crippen molar-refractivity contribution in [2.75, 3.05) is 24.3 Å². The second-order valence-corrected chi connectivity index (χ2v) is 14.9. The maximum Gasteiger partial charge on any atom is 0.251 e. The normalized spacial score (nSPS) is 11.9. The standard InChI is InChI=1S/C28H32F2N4O3Si/c1-37-17-18-9-11-19(12-10-18)27(34-26(35)16-32-23-8-6-5-7-20(23)15-31)28(36)33-24-13-22(30)25(14-21(24)29)38(2,3)4/h5-15,27,31-32H,16-17H2,1-4H3,(H,33,36)(H,34,35). The summed E-state index contributed by atoms with van der Waals surface area (Å²) in [6.07, 6.45) is 1.17. The molecule has 0 spiro atoms. The summed E-state index contributed by atoms with van der Waals surface area (Å²) in [6, 6.07) is 14.8. The van der Waals surface area contributed by atoms with Gasteiger partial charge < -0.3 is 26.1 Å². The van der Waals surface area contributed by atoms with Crippen LogP contribution >= 0.6 is 0 Å². The van der Waals surface area contributed by atoms with Gasteiger partial charge in [0.2, 0.25) is 5.91 Å². The summed E-state index contributed by atoms with van der Waals surface area (Å²) in [6.45, 7) is 5.89. The summed E-state index contributed by atoms with van der Waals surface area (Å²) in [5.74, 6) is -2.56. The number of carbonyl (C=O) groups excluding carboxylic acids is 2. The molecular formula is C28H32F2N4O3Si. The maximum absolute atomic E-state index is 14.9. The number of hydrogen-bond donors (Lipinski definition) is 4. The Labute approximate surface area is 222 Å². The van der Waals surface area contributed by atoms with E-state index in [1.165, 1.54) is 6.21 Å². The Kier molecular flexibility index (Phi) is 9.49. The SMILES string of the molecule is COCc1ccc(C(NC(=O)CNc2ccccc2C=N)C(=O)Nc2cc(F)c([Si](C)(C)C)cc2F)cc1. The minimum absolute atomic E-state index is 0.176. The van der Waals surface area contributed by atoms with Crippen molar-refractivity contribution in [2.45, 2.75) is 32.3 Å². The van der Waals surface area contributed by atoms with Crippen molar-refractivity contribution in [1.82, 2.24) is 5.32 Å².